The highest BCUT2D eigenvalue weighted by atomic mass is 16.3. The molecule has 3 atom stereocenters. The number of hydrogen-bond acceptors (Lipinski definition) is 4. The lowest BCUT2D eigenvalue weighted by Gasteiger charge is -2.51. The summed E-state index contributed by atoms with van der Waals surface area (Å²) in [6, 6.07) is 14.1. The number of rotatable bonds is 3. The van der Waals surface area contributed by atoms with E-state index in [0.29, 0.717) is 5.56 Å². The van der Waals surface area contributed by atoms with E-state index in [1.54, 1.807) is 18.3 Å². The predicted molar refractivity (Wildman–Crippen MR) is 79.9 cm³/mol. The Labute approximate surface area is 128 Å². The number of nitriles is 1. The van der Waals surface area contributed by atoms with E-state index in [1.807, 2.05) is 30.3 Å². The Kier molecular flexibility index (Phi) is 3.86. The molecule has 1 aliphatic heterocycles. The molecule has 1 amide bonds. The van der Waals surface area contributed by atoms with Crippen molar-refractivity contribution in [1.29, 1.82) is 5.26 Å². The van der Waals surface area contributed by atoms with Crippen molar-refractivity contribution in [3.8, 4) is 6.07 Å². The smallest absolute Gasteiger partial charge is 0.256 e. The van der Waals surface area contributed by atoms with Crippen molar-refractivity contribution in [1.82, 2.24) is 9.88 Å². The second kappa shape index (κ2) is 5.96. The molecule has 3 rings (SSSR count). The van der Waals surface area contributed by atoms with Gasteiger partial charge in [0.15, 0.2) is 0 Å². The fraction of sp³-hybridized carbons (Fsp3) is 0.235. The highest BCUT2D eigenvalue weighted by Gasteiger charge is 2.51. The monoisotopic (exact) mass is 293 g/mol. The van der Waals surface area contributed by atoms with E-state index in [2.05, 4.69) is 11.1 Å². The third kappa shape index (κ3) is 2.24. The molecular formula is C17H15N3O2. The van der Waals surface area contributed by atoms with Crippen molar-refractivity contribution in [2.75, 3.05) is 6.61 Å². The van der Waals surface area contributed by atoms with E-state index in [9.17, 15) is 15.2 Å². The number of nitrogens with zero attached hydrogens (tertiary/aromatic N) is 3. The van der Waals surface area contributed by atoms with Gasteiger partial charge in [0.2, 0.25) is 0 Å². The molecule has 5 nitrogen and oxygen atoms in total. The van der Waals surface area contributed by atoms with Crippen LogP contribution >= 0.6 is 0 Å². The van der Waals surface area contributed by atoms with Crippen LogP contribution in [0.4, 0.5) is 0 Å². The van der Waals surface area contributed by atoms with Gasteiger partial charge in [0.05, 0.1) is 24.3 Å². The maximum atomic E-state index is 12.6. The topological polar surface area (TPSA) is 77.2 Å². The number of aromatic nitrogens is 1. The van der Waals surface area contributed by atoms with Crippen LogP contribution in [0.5, 0.6) is 0 Å². The van der Waals surface area contributed by atoms with Crippen molar-refractivity contribution in [2.45, 2.75) is 18.0 Å². The molecule has 2 aromatic rings. The van der Waals surface area contributed by atoms with Gasteiger partial charge in [-0.3, -0.25) is 9.78 Å². The SMILES string of the molecule is N#C[C@H]1[C@@H](c2ccccc2)[C@H](CO)N1C(=O)c1cccnc1. The number of hydrogen-bond donors (Lipinski definition) is 1. The molecule has 0 aliphatic carbocycles. The Bertz CT molecular complexity index is 697. The molecule has 1 saturated heterocycles. The van der Waals surface area contributed by atoms with Crippen LogP contribution in [0.25, 0.3) is 0 Å². The lowest BCUT2D eigenvalue weighted by Crippen LogP contribution is -2.65. The first-order valence-electron chi connectivity index (χ1n) is 7.06. The zero-order valence-corrected chi connectivity index (χ0v) is 11.8. The third-order valence-electron chi connectivity index (χ3n) is 4.06. The van der Waals surface area contributed by atoms with Crippen LogP contribution in [-0.2, 0) is 0 Å². The van der Waals surface area contributed by atoms with Crippen LogP contribution in [0.15, 0.2) is 54.9 Å². The maximum Gasteiger partial charge on any atom is 0.256 e. The number of benzene rings is 1. The van der Waals surface area contributed by atoms with Gasteiger partial charge in [0.1, 0.15) is 6.04 Å². The second-order valence-corrected chi connectivity index (χ2v) is 5.21. The summed E-state index contributed by atoms with van der Waals surface area (Å²) in [4.78, 5) is 18.0. The first-order chi connectivity index (χ1) is 10.8. The fourth-order valence-corrected chi connectivity index (χ4v) is 3.00. The van der Waals surface area contributed by atoms with Crippen LogP contribution in [-0.4, -0.2) is 39.6 Å². The van der Waals surface area contributed by atoms with Crippen LogP contribution in [0.2, 0.25) is 0 Å². The first-order valence-corrected chi connectivity index (χ1v) is 7.06. The number of pyridine rings is 1. The van der Waals surface area contributed by atoms with Crippen molar-refractivity contribution in [3.63, 3.8) is 0 Å². The summed E-state index contributed by atoms with van der Waals surface area (Å²) >= 11 is 0. The Morgan fingerprint density at radius 3 is 2.64 bits per heavy atom. The average Bonchev–Trinajstić information content (AvgIpc) is 2.56. The van der Waals surface area contributed by atoms with Crippen LogP contribution in [0.3, 0.4) is 0 Å². The van der Waals surface area contributed by atoms with Gasteiger partial charge in [-0.2, -0.15) is 5.26 Å². The van der Waals surface area contributed by atoms with E-state index < -0.39 is 6.04 Å². The normalized spacial score (nSPS) is 23.5. The molecule has 0 radical (unpaired) electrons. The molecule has 0 bridgehead atoms. The molecule has 0 saturated carbocycles. The minimum absolute atomic E-state index is 0.170. The van der Waals surface area contributed by atoms with Gasteiger partial charge in [-0.1, -0.05) is 30.3 Å². The Balaban J connectivity index is 1.90. The Hall–Kier alpha value is -2.71. The molecule has 0 unspecified atom stereocenters. The molecule has 1 aliphatic rings. The number of carbonyl (C=O) groups excluding carboxylic acids is 1. The number of aliphatic hydroxyl groups excluding tert-OH is 1. The molecule has 22 heavy (non-hydrogen) atoms. The molecule has 1 N–H and O–H groups in total. The lowest BCUT2D eigenvalue weighted by molar-refractivity contribution is -0.00588. The fourth-order valence-electron chi connectivity index (χ4n) is 3.00. The van der Waals surface area contributed by atoms with Gasteiger partial charge in [0.25, 0.3) is 5.91 Å². The first kappa shape index (κ1) is 14.2. The molecule has 5 heteroatoms. The number of carbonyl (C=O) groups is 1. The molecule has 110 valence electrons. The summed E-state index contributed by atoms with van der Waals surface area (Å²) in [7, 11) is 0. The summed E-state index contributed by atoms with van der Waals surface area (Å²) in [5.41, 5.74) is 1.39. The molecule has 1 fully saturated rings. The van der Waals surface area contributed by atoms with Crippen molar-refractivity contribution < 1.29 is 9.90 Å². The molecule has 1 aromatic carbocycles. The van der Waals surface area contributed by atoms with Crippen molar-refractivity contribution in [3.05, 3.63) is 66.0 Å². The highest BCUT2D eigenvalue weighted by Crippen LogP contribution is 2.41. The van der Waals surface area contributed by atoms with E-state index >= 15 is 0 Å². The van der Waals surface area contributed by atoms with E-state index in [0.717, 1.165) is 5.56 Å². The predicted octanol–water partition coefficient (Wildman–Crippen LogP) is 1.57. The van der Waals surface area contributed by atoms with Crippen molar-refractivity contribution in [2.24, 2.45) is 0 Å². The summed E-state index contributed by atoms with van der Waals surface area (Å²) in [6.45, 7) is -0.177. The van der Waals surface area contributed by atoms with Gasteiger partial charge in [-0.05, 0) is 17.7 Å². The van der Waals surface area contributed by atoms with Gasteiger partial charge in [-0.25, -0.2) is 0 Å². The molecular weight excluding hydrogens is 278 g/mol. The summed E-state index contributed by atoms with van der Waals surface area (Å²) in [6.07, 6.45) is 3.06. The largest absolute Gasteiger partial charge is 0.394 e. The summed E-state index contributed by atoms with van der Waals surface area (Å²) < 4.78 is 0. The third-order valence-corrected chi connectivity index (χ3v) is 4.06. The van der Waals surface area contributed by atoms with Crippen LogP contribution in [0, 0.1) is 11.3 Å². The zero-order chi connectivity index (χ0) is 15.5. The van der Waals surface area contributed by atoms with Crippen LogP contribution in [0.1, 0.15) is 21.8 Å². The molecule has 2 heterocycles. The van der Waals surface area contributed by atoms with Crippen LogP contribution < -0.4 is 0 Å². The minimum Gasteiger partial charge on any atom is -0.394 e. The number of amides is 1. The Morgan fingerprint density at radius 2 is 2.05 bits per heavy atom. The quantitative estimate of drug-likeness (QED) is 0.932. The van der Waals surface area contributed by atoms with Gasteiger partial charge < -0.3 is 10.0 Å². The second-order valence-electron chi connectivity index (χ2n) is 5.21. The van der Waals surface area contributed by atoms with Gasteiger partial charge in [-0.15, -0.1) is 0 Å². The van der Waals surface area contributed by atoms with E-state index in [1.165, 1.54) is 11.1 Å². The molecule has 0 spiro atoms. The molecule has 1 aromatic heterocycles. The van der Waals surface area contributed by atoms with Gasteiger partial charge >= 0.3 is 0 Å². The number of aliphatic hydroxyl groups is 1. The highest BCUT2D eigenvalue weighted by molar-refractivity contribution is 5.95. The standard InChI is InChI=1S/C17H15N3O2/c18-9-14-16(12-5-2-1-3-6-12)15(11-21)20(14)17(22)13-7-4-8-19-10-13/h1-8,10,14-16,21H,11H2/t14-,15-,16+/m0/s1. The van der Waals surface area contributed by atoms with E-state index in [4.69, 9.17) is 0 Å². The van der Waals surface area contributed by atoms with Gasteiger partial charge in [0, 0.05) is 18.3 Å². The maximum absolute atomic E-state index is 12.6. The zero-order valence-electron chi connectivity index (χ0n) is 11.8. The minimum atomic E-state index is -0.577. The summed E-state index contributed by atoms with van der Waals surface area (Å²) in [5.74, 6) is -0.442. The van der Waals surface area contributed by atoms with Crippen molar-refractivity contribution >= 4 is 5.91 Å². The lowest BCUT2D eigenvalue weighted by atomic mass is 9.75. The number of likely N-dealkylation sites (tertiary alicyclic amines) is 1. The summed E-state index contributed by atoms with van der Waals surface area (Å²) in [5, 5.41) is 19.1. The average molecular weight is 293 g/mol. The van der Waals surface area contributed by atoms with E-state index in [-0.39, 0.29) is 24.5 Å². The Morgan fingerprint density at radius 1 is 1.27 bits per heavy atom.